The van der Waals surface area contributed by atoms with Crippen molar-refractivity contribution >= 4 is 49.7 Å². The van der Waals surface area contributed by atoms with E-state index in [0.29, 0.717) is 0 Å². The smallest absolute Gasteiger partial charge is 1.00 e. The summed E-state index contributed by atoms with van der Waals surface area (Å²) in [5.74, 6) is -2.20. The molecule has 0 spiro atoms. The van der Waals surface area contributed by atoms with Gasteiger partial charge in [0.15, 0.2) is 0 Å². The van der Waals surface area contributed by atoms with E-state index in [1.165, 1.54) is 0 Å². The number of hydrogen-bond donors (Lipinski definition) is 3. The average molecular weight is 229 g/mol. The molecule has 0 rings (SSSR count). The third-order valence-corrected chi connectivity index (χ3v) is 0.986. The number of hydrogen-bond acceptors (Lipinski definition) is 3. The molecule has 0 saturated carbocycles. The van der Waals surface area contributed by atoms with E-state index in [0.717, 1.165) is 0 Å². The summed E-state index contributed by atoms with van der Waals surface area (Å²) in [6, 6.07) is -1.06. The molecule has 0 aromatic rings. The summed E-state index contributed by atoms with van der Waals surface area (Å²) < 4.78 is 0. The van der Waals surface area contributed by atoms with E-state index in [4.69, 9.17) is 15.9 Å². The van der Waals surface area contributed by atoms with Crippen LogP contribution in [0.1, 0.15) is 17.1 Å². The van der Waals surface area contributed by atoms with Crippen LogP contribution in [0.25, 0.3) is 0 Å². The standard InChI is InChI=1S/C5H9NO4.Ca.K.3H/c6-3(5(9)10)1-2-4(7)8;;;;;/h3H,1-2,6H2,(H,7,8)(H,9,10);;;;;/q;+2;+1;3*-1/t3-;;;;;/m0...../s1. The normalized spacial score (nSPS) is 10.4. The summed E-state index contributed by atoms with van der Waals surface area (Å²) >= 11 is 0. The van der Waals surface area contributed by atoms with E-state index < -0.39 is 18.0 Å². The Morgan fingerprint density at radius 2 is 1.83 bits per heavy atom. The average Bonchev–Trinajstić information content (AvgIpc) is 1.82. The minimum atomic E-state index is -1.17. The SMILES string of the molecule is N[C@@H](CCC(=O)O)C(=O)O.[Ca+2].[H-].[H-].[H-].[K+]. The first-order valence-electron chi connectivity index (χ1n) is 2.74. The van der Waals surface area contributed by atoms with Crippen LogP contribution in [-0.4, -0.2) is 65.9 Å². The number of carboxylic acid groups (broad SMARTS) is 2. The van der Waals surface area contributed by atoms with Crippen LogP contribution < -0.4 is 57.1 Å². The van der Waals surface area contributed by atoms with Gasteiger partial charge in [-0.2, -0.15) is 0 Å². The first kappa shape index (κ1) is 19.4. The molecular weight excluding hydrogens is 217 g/mol. The summed E-state index contributed by atoms with van der Waals surface area (Å²) in [6.45, 7) is 0. The largest absolute Gasteiger partial charge is 2.00 e. The van der Waals surface area contributed by atoms with Crippen molar-refractivity contribution in [3.8, 4) is 0 Å². The molecule has 0 amide bonds. The maximum atomic E-state index is 9.99. The van der Waals surface area contributed by atoms with E-state index in [9.17, 15) is 9.59 Å². The van der Waals surface area contributed by atoms with Crippen molar-refractivity contribution in [1.82, 2.24) is 0 Å². The summed E-state index contributed by atoms with van der Waals surface area (Å²) in [6.07, 6.45) is -0.224. The molecule has 0 fully saturated rings. The van der Waals surface area contributed by atoms with Gasteiger partial charge in [0, 0.05) is 6.42 Å². The van der Waals surface area contributed by atoms with Crippen LogP contribution in [0, 0.1) is 0 Å². The summed E-state index contributed by atoms with van der Waals surface area (Å²) in [5.41, 5.74) is 5.00. The van der Waals surface area contributed by atoms with Crippen LogP contribution in [0.4, 0.5) is 0 Å². The molecule has 12 heavy (non-hydrogen) atoms. The molecule has 5 nitrogen and oxygen atoms in total. The van der Waals surface area contributed by atoms with Gasteiger partial charge in [-0.3, -0.25) is 9.59 Å². The Kier molecular flexibility index (Phi) is 17.6. The first-order chi connectivity index (χ1) is 4.54. The molecule has 0 aliphatic carbocycles. The molecule has 4 N–H and O–H groups in total. The van der Waals surface area contributed by atoms with Crippen LogP contribution in [0.5, 0.6) is 0 Å². The van der Waals surface area contributed by atoms with Crippen LogP contribution in [-0.2, 0) is 9.59 Å². The molecule has 0 aromatic carbocycles. The molecule has 7 heteroatoms. The van der Waals surface area contributed by atoms with Crippen LogP contribution in [0.15, 0.2) is 0 Å². The number of rotatable bonds is 4. The molecule has 64 valence electrons. The van der Waals surface area contributed by atoms with Crippen molar-refractivity contribution in [2.75, 3.05) is 0 Å². The molecule has 0 bridgehead atoms. The fourth-order valence-electron chi connectivity index (χ4n) is 0.402. The van der Waals surface area contributed by atoms with Gasteiger partial charge in [0.25, 0.3) is 0 Å². The molecule has 1 atom stereocenters. The van der Waals surface area contributed by atoms with Gasteiger partial charge in [-0.05, 0) is 6.42 Å². The molecule has 0 aliphatic rings. The molecule has 0 radical (unpaired) electrons. The second kappa shape index (κ2) is 10.9. The number of nitrogens with two attached hydrogens (primary N) is 1. The zero-order valence-electron chi connectivity index (χ0n) is 9.99. The Hall–Kier alpha value is 1.80. The Labute approximate surface area is 147 Å². The van der Waals surface area contributed by atoms with Gasteiger partial charge in [0.05, 0.1) is 0 Å². The molecule has 0 unspecified atom stereocenters. The van der Waals surface area contributed by atoms with Crippen LogP contribution in [0.3, 0.4) is 0 Å². The van der Waals surface area contributed by atoms with E-state index >= 15 is 0 Å². The number of aliphatic carboxylic acids is 2. The fourth-order valence-corrected chi connectivity index (χ4v) is 0.402. The monoisotopic (exact) mass is 229 g/mol. The van der Waals surface area contributed by atoms with Crippen LogP contribution >= 0.6 is 0 Å². The van der Waals surface area contributed by atoms with Gasteiger partial charge in [-0.1, -0.05) is 0 Å². The van der Waals surface area contributed by atoms with Crippen LogP contribution in [0.2, 0.25) is 0 Å². The molecular formula is C5H12CaKNO4. The first-order valence-corrected chi connectivity index (χ1v) is 2.74. The number of carboxylic acids is 2. The minimum absolute atomic E-state index is 0. The van der Waals surface area contributed by atoms with Gasteiger partial charge >= 0.3 is 101 Å². The quantitative estimate of drug-likeness (QED) is 0.430. The second-order valence-electron chi connectivity index (χ2n) is 1.88. The van der Waals surface area contributed by atoms with E-state index in [1.54, 1.807) is 0 Å². The zero-order chi connectivity index (χ0) is 8.15. The van der Waals surface area contributed by atoms with Crippen molar-refractivity contribution in [1.29, 1.82) is 0 Å². The summed E-state index contributed by atoms with van der Waals surface area (Å²) in [7, 11) is 0. The van der Waals surface area contributed by atoms with Gasteiger partial charge < -0.3 is 20.2 Å². The van der Waals surface area contributed by atoms with E-state index in [1.807, 2.05) is 0 Å². The molecule has 0 aromatic heterocycles. The minimum Gasteiger partial charge on any atom is -1.00 e. The van der Waals surface area contributed by atoms with E-state index in [2.05, 4.69) is 0 Å². The number of carbonyl (C=O) groups is 2. The Balaban J connectivity index is -0.0000000405. The van der Waals surface area contributed by atoms with Gasteiger partial charge in [-0.25, -0.2) is 0 Å². The maximum absolute atomic E-state index is 9.99. The van der Waals surface area contributed by atoms with Crippen molar-refractivity contribution in [2.24, 2.45) is 5.73 Å². The summed E-state index contributed by atoms with van der Waals surface area (Å²) in [4.78, 5) is 19.9. The van der Waals surface area contributed by atoms with Crippen molar-refractivity contribution in [3.05, 3.63) is 0 Å². The third-order valence-electron chi connectivity index (χ3n) is 0.986. The predicted octanol–water partition coefficient (Wildman–Crippen LogP) is -3.78. The molecule has 0 saturated heterocycles. The van der Waals surface area contributed by atoms with E-state index in [-0.39, 0.29) is 106 Å². The maximum Gasteiger partial charge on any atom is 2.00 e. The van der Waals surface area contributed by atoms with Crippen molar-refractivity contribution in [3.63, 3.8) is 0 Å². The topological polar surface area (TPSA) is 101 Å². The fraction of sp³-hybridized carbons (Fsp3) is 0.600. The van der Waals surface area contributed by atoms with Gasteiger partial charge in [0.1, 0.15) is 6.04 Å². The predicted molar refractivity (Wildman–Crippen MR) is 41.6 cm³/mol. The Bertz CT molecular complexity index is 165. The second-order valence-corrected chi connectivity index (χ2v) is 1.88. The molecule has 0 aliphatic heterocycles. The zero-order valence-corrected chi connectivity index (χ0v) is 12.3. The van der Waals surface area contributed by atoms with Gasteiger partial charge in [-0.15, -0.1) is 0 Å². The Morgan fingerprint density at radius 1 is 1.42 bits per heavy atom. The third kappa shape index (κ3) is 11.8. The summed E-state index contributed by atoms with van der Waals surface area (Å²) in [5, 5.41) is 16.3. The van der Waals surface area contributed by atoms with Crippen molar-refractivity contribution in [2.45, 2.75) is 18.9 Å². The van der Waals surface area contributed by atoms with Crippen molar-refractivity contribution < 1.29 is 75.5 Å². The Morgan fingerprint density at radius 3 is 2.08 bits per heavy atom. The van der Waals surface area contributed by atoms with Gasteiger partial charge in [0.2, 0.25) is 0 Å². The molecule has 0 heterocycles.